The first-order valence-electron chi connectivity index (χ1n) is 9.56. The fourth-order valence-electron chi connectivity index (χ4n) is 3.21. The number of carbonyl (C=O) groups excluding carboxylic acids is 3. The summed E-state index contributed by atoms with van der Waals surface area (Å²) in [6, 6.07) is 8.92. The van der Waals surface area contributed by atoms with Crippen LogP contribution in [0.25, 0.3) is 0 Å². The molecule has 0 unspecified atom stereocenters. The van der Waals surface area contributed by atoms with Crippen LogP contribution in [0.3, 0.4) is 0 Å². The van der Waals surface area contributed by atoms with Crippen molar-refractivity contribution in [2.45, 2.75) is 13.3 Å². The van der Waals surface area contributed by atoms with E-state index in [1.807, 2.05) is 25.1 Å². The highest BCUT2D eigenvalue weighted by Gasteiger charge is 2.25. The first-order valence-corrected chi connectivity index (χ1v) is 11.3. The minimum absolute atomic E-state index is 0.177. The number of fused-ring (bicyclic) bond motifs is 1. The van der Waals surface area contributed by atoms with Crippen LogP contribution in [0.1, 0.15) is 36.0 Å². The molecule has 1 N–H and O–H groups in total. The molecule has 10 heteroatoms. The number of hydrogen-bond donors (Lipinski definition) is 1. The summed E-state index contributed by atoms with van der Waals surface area (Å²) in [5.41, 5.74) is 1.94. The third-order valence-corrected chi connectivity index (χ3v) is 6.64. The first-order chi connectivity index (χ1) is 15.5. The third-order valence-electron chi connectivity index (χ3n) is 4.73. The molecule has 1 amide bonds. The highest BCUT2D eigenvalue weighted by Crippen LogP contribution is 2.37. The fourth-order valence-corrected chi connectivity index (χ4v) is 4.91. The molecule has 3 heterocycles. The number of rotatable bonds is 7. The zero-order valence-electron chi connectivity index (χ0n) is 17.3. The molecule has 4 rings (SSSR count). The normalized spacial score (nSPS) is 11.8. The van der Waals surface area contributed by atoms with Crippen LogP contribution in [-0.2, 0) is 20.7 Å². The van der Waals surface area contributed by atoms with Gasteiger partial charge in [0.05, 0.1) is 12.7 Å². The van der Waals surface area contributed by atoms with Crippen molar-refractivity contribution >= 4 is 45.5 Å². The van der Waals surface area contributed by atoms with Gasteiger partial charge in [0.25, 0.3) is 5.91 Å². The van der Waals surface area contributed by atoms with Crippen LogP contribution in [0.5, 0.6) is 11.5 Å². The van der Waals surface area contributed by atoms with Crippen molar-refractivity contribution in [1.82, 2.24) is 0 Å². The van der Waals surface area contributed by atoms with E-state index in [2.05, 4.69) is 5.32 Å². The second-order valence-corrected chi connectivity index (χ2v) is 8.97. The van der Waals surface area contributed by atoms with E-state index in [4.69, 9.17) is 18.9 Å². The Kier molecular flexibility index (Phi) is 6.42. The van der Waals surface area contributed by atoms with E-state index in [-0.39, 0.29) is 12.4 Å². The number of methoxy groups -OCH3 is 1. The van der Waals surface area contributed by atoms with Crippen LogP contribution < -0.4 is 14.8 Å². The van der Waals surface area contributed by atoms with Crippen LogP contribution in [0.15, 0.2) is 35.7 Å². The first kappa shape index (κ1) is 21.8. The number of aryl methyl sites for hydroxylation is 1. The second-order valence-electron chi connectivity index (χ2n) is 6.80. The Balaban J connectivity index is 1.51. The largest absolute Gasteiger partial charge is 0.465 e. The average molecular weight is 474 g/mol. The predicted octanol–water partition coefficient (Wildman–Crippen LogP) is 4.02. The zero-order valence-corrected chi connectivity index (χ0v) is 18.9. The standard InChI is InChI=1S/C22H19NO7S2/c1-12-14(8-13-5-6-15-16(9-13)30-11-29-15)19(22(26)27-2)20(32-12)23-18(24)10-28-21(25)17-4-3-7-31-17/h3-7,9H,8,10-11H2,1-2H3,(H,23,24). The lowest BCUT2D eigenvalue weighted by Gasteiger charge is -2.09. The van der Waals surface area contributed by atoms with Crippen molar-refractivity contribution in [2.75, 3.05) is 25.8 Å². The smallest absolute Gasteiger partial charge is 0.348 e. The highest BCUT2D eigenvalue weighted by molar-refractivity contribution is 7.16. The molecule has 2 aromatic heterocycles. The SMILES string of the molecule is COC(=O)c1c(NC(=O)COC(=O)c2cccs2)sc(C)c1Cc1ccc2c(c1)OCO2. The van der Waals surface area contributed by atoms with E-state index >= 15 is 0 Å². The van der Waals surface area contributed by atoms with E-state index in [0.717, 1.165) is 16.0 Å². The maximum absolute atomic E-state index is 12.6. The molecule has 1 aliphatic heterocycles. The van der Waals surface area contributed by atoms with Crippen molar-refractivity contribution in [3.05, 3.63) is 62.2 Å². The van der Waals surface area contributed by atoms with Crippen LogP contribution in [0.2, 0.25) is 0 Å². The number of nitrogens with one attached hydrogen (secondary N) is 1. The molecule has 3 aromatic rings. The van der Waals surface area contributed by atoms with Crippen molar-refractivity contribution in [1.29, 1.82) is 0 Å². The molecule has 0 aliphatic carbocycles. The third kappa shape index (κ3) is 4.61. The van der Waals surface area contributed by atoms with Crippen molar-refractivity contribution in [3.8, 4) is 11.5 Å². The van der Waals surface area contributed by atoms with Crippen molar-refractivity contribution in [2.24, 2.45) is 0 Å². The maximum atomic E-state index is 12.6. The number of thiophene rings is 2. The molecule has 0 saturated carbocycles. The molecule has 0 fully saturated rings. The molecular weight excluding hydrogens is 454 g/mol. The van der Waals surface area contributed by atoms with Gasteiger partial charge in [0.15, 0.2) is 18.1 Å². The Morgan fingerprint density at radius 3 is 2.69 bits per heavy atom. The number of anilines is 1. The van der Waals surface area contributed by atoms with E-state index in [9.17, 15) is 14.4 Å². The molecule has 0 spiro atoms. The molecule has 0 radical (unpaired) electrons. The lowest BCUT2D eigenvalue weighted by molar-refractivity contribution is -0.119. The molecule has 1 aromatic carbocycles. The van der Waals surface area contributed by atoms with Crippen LogP contribution in [-0.4, -0.2) is 38.4 Å². The highest BCUT2D eigenvalue weighted by atomic mass is 32.1. The van der Waals surface area contributed by atoms with Gasteiger partial charge in [-0.25, -0.2) is 9.59 Å². The summed E-state index contributed by atoms with van der Waals surface area (Å²) in [7, 11) is 1.29. The zero-order chi connectivity index (χ0) is 22.7. The summed E-state index contributed by atoms with van der Waals surface area (Å²) in [6.07, 6.45) is 0.437. The number of amides is 1. The second kappa shape index (κ2) is 9.41. The molecule has 166 valence electrons. The van der Waals surface area contributed by atoms with E-state index < -0.39 is 24.5 Å². The number of hydrogen-bond acceptors (Lipinski definition) is 9. The van der Waals surface area contributed by atoms with Crippen LogP contribution >= 0.6 is 22.7 Å². The molecule has 32 heavy (non-hydrogen) atoms. The van der Waals surface area contributed by atoms with Gasteiger partial charge < -0.3 is 24.3 Å². The predicted molar refractivity (Wildman–Crippen MR) is 119 cm³/mol. The van der Waals surface area contributed by atoms with Gasteiger partial charge in [-0.1, -0.05) is 12.1 Å². The van der Waals surface area contributed by atoms with E-state index in [0.29, 0.717) is 27.8 Å². The van der Waals surface area contributed by atoms with Gasteiger partial charge in [-0.15, -0.1) is 22.7 Å². The van der Waals surface area contributed by atoms with Crippen LogP contribution in [0.4, 0.5) is 5.00 Å². The fraction of sp³-hybridized carbons (Fsp3) is 0.227. The summed E-state index contributed by atoms with van der Waals surface area (Å²) < 4.78 is 20.8. The van der Waals surface area contributed by atoms with Crippen molar-refractivity contribution < 1.29 is 33.3 Å². The van der Waals surface area contributed by atoms with Gasteiger partial charge in [-0.2, -0.15) is 0 Å². The monoisotopic (exact) mass is 473 g/mol. The Labute approximate surface area is 191 Å². The van der Waals surface area contributed by atoms with E-state index in [1.165, 1.54) is 29.8 Å². The Morgan fingerprint density at radius 2 is 1.94 bits per heavy atom. The summed E-state index contributed by atoms with van der Waals surface area (Å²) in [6.45, 7) is 1.58. The molecule has 8 nitrogen and oxygen atoms in total. The number of esters is 2. The number of benzene rings is 1. The maximum Gasteiger partial charge on any atom is 0.348 e. The lowest BCUT2D eigenvalue weighted by Crippen LogP contribution is -2.21. The molecule has 0 atom stereocenters. The summed E-state index contributed by atoms with van der Waals surface area (Å²) in [4.78, 5) is 38.2. The Morgan fingerprint density at radius 1 is 1.12 bits per heavy atom. The minimum atomic E-state index is -0.575. The topological polar surface area (TPSA) is 100 Å². The lowest BCUT2D eigenvalue weighted by atomic mass is 10.0. The number of carbonyl (C=O) groups is 3. The van der Waals surface area contributed by atoms with Gasteiger partial charge in [0.1, 0.15) is 9.88 Å². The van der Waals surface area contributed by atoms with Gasteiger partial charge in [-0.3, -0.25) is 4.79 Å². The number of ether oxygens (including phenoxy) is 4. The van der Waals surface area contributed by atoms with Crippen LogP contribution in [0, 0.1) is 6.92 Å². The molecule has 1 aliphatic rings. The summed E-state index contributed by atoms with van der Waals surface area (Å²) in [5, 5.41) is 4.77. The molecule has 0 bridgehead atoms. The summed E-state index contributed by atoms with van der Waals surface area (Å²) in [5.74, 6) is -0.355. The van der Waals surface area contributed by atoms with Gasteiger partial charge >= 0.3 is 11.9 Å². The summed E-state index contributed by atoms with van der Waals surface area (Å²) >= 11 is 2.49. The van der Waals surface area contributed by atoms with Crippen molar-refractivity contribution in [3.63, 3.8) is 0 Å². The molecule has 0 saturated heterocycles. The average Bonchev–Trinajstić information content (AvgIpc) is 3.53. The minimum Gasteiger partial charge on any atom is -0.465 e. The Hall–Kier alpha value is -3.37. The van der Waals surface area contributed by atoms with Gasteiger partial charge in [0.2, 0.25) is 6.79 Å². The quantitative estimate of drug-likeness (QED) is 0.517. The Bertz CT molecular complexity index is 1170. The van der Waals surface area contributed by atoms with Gasteiger partial charge in [0, 0.05) is 4.88 Å². The van der Waals surface area contributed by atoms with Gasteiger partial charge in [-0.05, 0) is 48.1 Å². The molecular formula is C22H19NO7S2. The van der Waals surface area contributed by atoms with E-state index in [1.54, 1.807) is 17.5 Å².